The molecule has 0 aliphatic carbocycles. The minimum absolute atomic E-state index is 0.00174. The molecule has 2 aromatic carbocycles. The molecule has 0 aliphatic rings. The van der Waals surface area contributed by atoms with Crippen molar-refractivity contribution in [2.24, 2.45) is 0 Å². The summed E-state index contributed by atoms with van der Waals surface area (Å²) in [6.07, 6.45) is 3.31. The number of rotatable bonds is 4. The average molecular weight is 292 g/mol. The molecule has 0 aromatic heterocycles. The van der Waals surface area contributed by atoms with E-state index in [0.717, 1.165) is 0 Å². The van der Waals surface area contributed by atoms with E-state index in [2.05, 4.69) is 0 Å². The van der Waals surface area contributed by atoms with Crippen molar-refractivity contribution in [1.82, 2.24) is 0 Å². The Morgan fingerprint density at radius 2 is 1.81 bits per heavy atom. The van der Waals surface area contributed by atoms with Crippen LogP contribution in [-0.4, -0.2) is 6.61 Å². The van der Waals surface area contributed by atoms with Gasteiger partial charge in [0.05, 0.1) is 6.61 Å². The van der Waals surface area contributed by atoms with Gasteiger partial charge < -0.3 is 4.74 Å². The molecular formula is C17H15F3O. The van der Waals surface area contributed by atoms with Gasteiger partial charge in [0.1, 0.15) is 5.82 Å². The summed E-state index contributed by atoms with van der Waals surface area (Å²) in [6, 6.07) is 6.99. The molecule has 0 saturated heterocycles. The fourth-order valence-corrected chi connectivity index (χ4v) is 2.03. The molecule has 1 nitrogen and oxygen atoms in total. The molecule has 2 aromatic rings. The minimum Gasteiger partial charge on any atom is -0.491 e. The van der Waals surface area contributed by atoms with Crippen LogP contribution in [-0.2, 0) is 0 Å². The molecule has 110 valence electrons. The van der Waals surface area contributed by atoms with Crippen LogP contribution in [0.4, 0.5) is 13.2 Å². The van der Waals surface area contributed by atoms with Gasteiger partial charge in [0.15, 0.2) is 11.6 Å². The largest absolute Gasteiger partial charge is 0.491 e. The Kier molecular flexibility index (Phi) is 4.68. The highest BCUT2D eigenvalue weighted by atomic mass is 19.2. The van der Waals surface area contributed by atoms with Crippen molar-refractivity contribution in [3.63, 3.8) is 0 Å². The third-order valence-corrected chi connectivity index (χ3v) is 3.00. The number of hydrogen-bond donors (Lipinski definition) is 0. The summed E-state index contributed by atoms with van der Waals surface area (Å²) < 4.78 is 46.7. The van der Waals surface area contributed by atoms with E-state index in [9.17, 15) is 13.2 Å². The van der Waals surface area contributed by atoms with E-state index >= 15 is 0 Å². The Hall–Kier alpha value is -2.23. The Morgan fingerprint density at radius 3 is 2.43 bits per heavy atom. The lowest BCUT2D eigenvalue weighted by Gasteiger charge is -2.10. The summed E-state index contributed by atoms with van der Waals surface area (Å²) in [5, 5.41) is 0. The third-order valence-electron chi connectivity index (χ3n) is 3.00. The SMILES string of the molecule is C/C=C/c1ccc(-c2ccc(OCC)c(F)c2F)cc1F. The summed E-state index contributed by atoms with van der Waals surface area (Å²) in [5.74, 6) is -2.74. The second-order valence-electron chi connectivity index (χ2n) is 4.41. The molecule has 0 atom stereocenters. The van der Waals surface area contributed by atoms with E-state index in [-0.39, 0.29) is 23.5 Å². The lowest BCUT2D eigenvalue weighted by Crippen LogP contribution is -1.98. The average Bonchev–Trinajstić information content (AvgIpc) is 2.47. The van der Waals surface area contributed by atoms with Crippen LogP contribution < -0.4 is 4.74 Å². The van der Waals surface area contributed by atoms with Crippen LogP contribution in [0.25, 0.3) is 17.2 Å². The standard InChI is InChI=1S/C17H15F3O/c1-3-5-11-6-7-12(10-14(11)18)13-8-9-15(21-4-2)17(20)16(13)19/h3,5-10H,4H2,1-2H3/b5-3+. The van der Waals surface area contributed by atoms with Crippen LogP contribution in [0.5, 0.6) is 5.75 Å². The molecule has 0 amide bonds. The van der Waals surface area contributed by atoms with Gasteiger partial charge in [-0.05, 0) is 37.6 Å². The van der Waals surface area contributed by atoms with Gasteiger partial charge in [0.25, 0.3) is 0 Å². The summed E-state index contributed by atoms with van der Waals surface area (Å²) in [6.45, 7) is 3.69. The highest BCUT2D eigenvalue weighted by Crippen LogP contribution is 2.30. The predicted molar refractivity (Wildman–Crippen MR) is 77.6 cm³/mol. The zero-order valence-corrected chi connectivity index (χ0v) is 11.8. The highest BCUT2D eigenvalue weighted by molar-refractivity contribution is 5.67. The molecular weight excluding hydrogens is 277 g/mol. The van der Waals surface area contributed by atoms with E-state index in [0.29, 0.717) is 5.56 Å². The van der Waals surface area contributed by atoms with E-state index in [4.69, 9.17) is 4.74 Å². The van der Waals surface area contributed by atoms with Gasteiger partial charge in [-0.3, -0.25) is 0 Å². The normalized spacial score (nSPS) is 11.1. The maximum absolute atomic E-state index is 14.1. The molecule has 0 unspecified atom stereocenters. The van der Waals surface area contributed by atoms with Crippen molar-refractivity contribution >= 4 is 6.08 Å². The van der Waals surface area contributed by atoms with Crippen molar-refractivity contribution < 1.29 is 17.9 Å². The number of hydrogen-bond acceptors (Lipinski definition) is 1. The Labute approximate surface area is 121 Å². The van der Waals surface area contributed by atoms with Crippen LogP contribution in [0.3, 0.4) is 0 Å². The quantitative estimate of drug-likeness (QED) is 0.752. The molecule has 0 N–H and O–H groups in total. The van der Waals surface area contributed by atoms with E-state index in [1.165, 1.54) is 24.3 Å². The van der Waals surface area contributed by atoms with Crippen LogP contribution >= 0.6 is 0 Å². The number of allylic oxidation sites excluding steroid dienone is 1. The molecule has 0 saturated carbocycles. The van der Waals surface area contributed by atoms with Gasteiger partial charge in [-0.25, -0.2) is 8.78 Å². The third kappa shape index (κ3) is 3.10. The summed E-state index contributed by atoms with van der Waals surface area (Å²) in [5.41, 5.74) is 0.676. The topological polar surface area (TPSA) is 9.23 Å². The lowest BCUT2D eigenvalue weighted by molar-refractivity contribution is 0.314. The molecule has 2 rings (SSSR count). The number of halogens is 3. The van der Waals surface area contributed by atoms with Crippen molar-refractivity contribution in [2.75, 3.05) is 6.61 Å². The fraction of sp³-hybridized carbons (Fsp3) is 0.176. The van der Waals surface area contributed by atoms with Crippen LogP contribution in [0.2, 0.25) is 0 Å². The first-order chi connectivity index (χ1) is 10.1. The first kappa shape index (κ1) is 15.2. The lowest BCUT2D eigenvalue weighted by atomic mass is 10.0. The van der Waals surface area contributed by atoms with Gasteiger partial charge in [0.2, 0.25) is 5.82 Å². The highest BCUT2D eigenvalue weighted by Gasteiger charge is 2.16. The van der Waals surface area contributed by atoms with Gasteiger partial charge in [0, 0.05) is 11.1 Å². The number of benzene rings is 2. The Balaban J connectivity index is 2.47. The predicted octanol–water partition coefficient (Wildman–Crippen LogP) is 5.20. The van der Waals surface area contributed by atoms with E-state index in [1.54, 1.807) is 32.1 Å². The zero-order valence-electron chi connectivity index (χ0n) is 11.8. The fourth-order valence-electron chi connectivity index (χ4n) is 2.03. The van der Waals surface area contributed by atoms with Gasteiger partial charge in [-0.2, -0.15) is 4.39 Å². The molecule has 0 heterocycles. The molecule has 0 aliphatic heterocycles. The molecule has 0 fully saturated rings. The minimum atomic E-state index is -1.06. The van der Waals surface area contributed by atoms with Gasteiger partial charge in [-0.15, -0.1) is 0 Å². The van der Waals surface area contributed by atoms with Crippen LogP contribution in [0, 0.1) is 17.5 Å². The molecule has 0 bridgehead atoms. The summed E-state index contributed by atoms with van der Waals surface area (Å²) in [4.78, 5) is 0. The second kappa shape index (κ2) is 6.48. The van der Waals surface area contributed by atoms with Crippen molar-refractivity contribution in [1.29, 1.82) is 0 Å². The van der Waals surface area contributed by atoms with Gasteiger partial charge >= 0.3 is 0 Å². The van der Waals surface area contributed by atoms with Gasteiger partial charge in [-0.1, -0.05) is 24.3 Å². The zero-order chi connectivity index (χ0) is 15.4. The molecule has 4 heteroatoms. The van der Waals surface area contributed by atoms with Crippen LogP contribution in [0.1, 0.15) is 19.4 Å². The second-order valence-corrected chi connectivity index (χ2v) is 4.41. The van der Waals surface area contributed by atoms with E-state index in [1.807, 2.05) is 0 Å². The summed E-state index contributed by atoms with van der Waals surface area (Å²) in [7, 11) is 0. The summed E-state index contributed by atoms with van der Waals surface area (Å²) >= 11 is 0. The first-order valence-electron chi connectivity index (χ1n) is 6.61. The Bertz CT molecular complexity index is 678. The Morgan fingerprint density at radius 1 is 1.05 bits per heavy atom. The number of ether oxygens (including phenoxy) is 1. The molecule has 0 spiro atoms. The van der Waals surface area contributed by atoms with Crippen molar-refractivity contribution in [2.45, 2.75) is 13.8 Å². The van der Waals surface area contributed by atoms with Crippen molar-refractivity contribution in [3.05, 3.63) is 59.4 Å². The monoisotopic (exact) mass is 292 g/mol. The molecule has 21 heavy (non-hydrogen) atoms. The van der Waals surface area contributed by atoms with Crippen LogP contribution in [0.15, 0.2) is 36.4 Å². The molecule has 0 radical (unpaired) electrons. The van der Waals surface area contributed by atoms with E-state index < -0.39 is 17.5 Å². The first-order valence-corrected chi connectivity index (χ1v) is 6.61. The smallest absolute Gasteiger partial charge is 0.201 e. The van der Waals surface area contributed by atoms with Crippen molar-refractivity contribution in [3.8, 4) is 16.9 Å². The maximum Gasteiger partial charge on any atom is 0.201 e. The maximum atomic E-state index is 14.1.